The van der Waals surface area contributed by atoms with Gasteiger partial charge in [-0.1, -0.05) is 31.5 Å². The van der Waals surface area contributed by atoms with Gasteiger partial charge in [-0.25, -0.2) is 4.99 Å². The van der Waals surface area contributed by atoms with Gasteiger partial charge in [0.1, 0.15) is 6.54 Å². The van der Waals surface area contributed by atoms with Crippen molar-refractivity contribution in [1.29, 1.82) is 0 Å². The first-order valence-electron chi connectivity index (χ1n) is 8.66. The van der Waals surface area contributed by atoms with Gasteiger partial charge in [-0.3, -0.25) is 4.79 Å². The summed E-state index contributed by atoms with van der Waals surface area (Å²) >= 11 is 0. The molecule has 0 unspecified atom stereocenters. The second-order valence-corrected chi connectivity index (χ2v) is 5.75. The minimum atomic E-state index is 0.0600. The van der Waals surface area contributed by atoms with Gasteiger partial charge in [-0.05, 0) is 37.8 Å². The van der Waals surface area contributed by atoms with Crippen LogP contribution in [-0.2, 0) is 11.2 Å². The summed E-state index contributed by atoms with van der Waals surface area (Å²) in [4.78, 5) is 18.9. The summed E-state index contributed by atoms with van der Waals surface area (Å²) in [5, 5.41) is 6.45. The molecule has 0 atom stereocenters. The molecule has 0 spiro atoms. The molecule has 0 bridgehead atoms. The van der Waals surface area contributed by atoms with Crippen molar-refractivity contribution in [3.63, 3.8) is 0 Å². The standard InChI is InChI=1S/C18H28N4O/c1-3-5-12-20-18(19-4-2)21-14-17(23)22-13-8-10-15-9-6-7-11-16(15)22/h6-7,9,11H,3-5,8,10,12-14H2,1-2H3,(H2,19,20,21). The van der Waals surface area contributed by atoms with Crippen molar-refractivity contribution in [2.45, 2.75) is 39.5 Å². The van der Waals surface area contributed by atoms with E-state index in [9.17, 15) is 4.79 Å². The molecule has 0 fully saturated rings. The number of aliphatic imine (C=N–C) groups is 1. The van der Waals surface area contributed by atoms with Crippen LogP contribution in [-0.4, -0.2) is 38.0 Å². The molecule has 1 aliphatic rings. The molecular weight excluding hydrogens is 288 g/mol. The van der Waals surface area contributed by atoms with Crippen LogP contribution in [0.2, 0.25) is 0 Å². The molecule has 1 amide bonds. The molecule has 1 aromatic rings. The maximum Gasteiger partial charge on any atom is 0.248 e. The zero-order valence-corrected chi connectivity index (χ0v) is 14.3. The van der Waals surface area contributed by atoms with Crippen molar-refractivity contribution in [3.8, 4) is 0 Å². The number of aryl methyl sites for hydroxylation is 1. The molecule has 1 heterocycles. The van der Waals surface area contributed by atoms with E-state index in [-0.39, 0.29) is 12.5 Å². The van der Waals surface area contributed by atoms with Gasteiger partial charge in [0.2, 0.25) is 5.91 Å². The van der Waals surface area contributed by atoms with Crippen LogP contribution in [0.5, 0.6) is 0 Å². The van der Waals surface area contributed by atoms with E-state index in [4.69, 9.17) is 0 Å². The summed E-state index contributed by atoms with van der Waals surface area (Å²) in [6.07, 6.45) is 4.29. The number of nitrogens with zero attached hydrogens (tertiary/aromatic N) is 2. The Morgan fingerprint density at radius 1 is 1.26 bits per heavy atom. The fraction of sp³-hybridized carbons (Fsp3) is 0.556. The van der Waals surface area contributed by atoms with E-state index in [0.29, 0.717) is 0 Å². The number of carbonyl (C=O) groups excluding carboxylic acids is 1. The molecule has 0 radical (unpaired) electrons. The minimum Gasteiger partial charge on any atom is -0.357 e. The summed E-state index contributed by atoms with van der Waals surface area (Å²) < 4.78 is 0. The van der Waals surface area contributed by atoms with Crippen molar-refractivity contribution in [2.75, 3.05) is 31.1 Å². The molecule has 1 aliphatic heterocycles. The number of amides is 1. The van der Waals surface area contributed by atoms with Crippen LogP contribution in [0.25, 0.3) is 0 Å². The molecule has 5 nitrogen and oxygen atoms in total. The van der Waals surface area contributed by atoms with Gasteiger partial charge < -0.3 is 15.5 Å². The third-order valence-corrected chi connectivity index (χ3v) is 3.95. The van der Waals surface area contributed by atoms with Crippen LogP contribution in [0.15, 0.2) is 29.3 Å². The first-order chi connectivity index (χ1) is 11.3. The van der Waals surface area contributed by atoms with Crippen molar-refractivity contribution in [2.24, 2.45) is 4.99 Å². The molecule has 0 saturated carbocycles. The van der Waals surface area contributed by atoms with Gasteiger partial charge in [0.15, 0.2) is 5.96 Å². The first-order valence-corrected chi connectivity index (χ1v) is 8.66. The Bertz CT molecular complexity index is 542. The average Bonchev–Trinajstić information content (AvgIpc) is 2.59. The highest BCUT2D eigenvalue weighted by atomic mass is 16.2. The number of para-hydroxylation sites is 1. The summed E-state index contributed by atoms with van der Waals surface area (Å²) in [6.45, 7) is 6.81. The van der Waals surface area contributed by atoms with Gasteiger partial charge in [0, 0.05) is 25.3 Å². The zero-order valence-electron chi connectivity index (χ0n) is 14.3. The van der Waals surface area contributed by atoms with Crippen LogP contribution < -0.4 is 15.5 Å². The fourth-order valence-electron chi connectivity index (χ4n) is 2.75. The van der Waals surface area contributed by atoms with Crippen LogP contribution >= 0.6 is 0 Å². The number of benzene rings is 1. The highest BCUT2D eigenvalue weighted by molar-refractivity contribution is 5.97. The maximum absolute atomic E-state index is 12.6. The molecule has 2 N–H and O–H groups in total. The molecular formula is C18H28N4O. The SMILES string of the molecule is CCCCNC(=NCC(=O)N1CCCc2ccccc21)NCC. The monoisotopic (exact) mass is 316 g/mol. The Kier molecular flexibility index (Phi) is 6.91. The van der Waals surface area contributed by atoms with E-state index >= 15 is 0 Å². The largest absolute Gasteiger partial charge is 0.357 e. The van der Waals surface area contributed by atoms with Crippen molar-refractivity contribution in [3.05, 3.63) is 29.8 Å². The lowest BCUT2D eigenvalue weighted by molar-refractivity contribution is -0.117. The summed E-state index contributed by atoms with van der Waals surface area (Å²) in [6, 6.07) is 8.16. The average molecular weight is 316 g/mol. The summed E-state index contributed by atoms with van der Waals surface area (Å²) in [5.74, 6) is 0.782. The smallest absolute Gasteiger partial charge is 0.248 e. The lowest BCUT2D eigenvalue weighted by Gasteiger charge is -2.29. The van der Waals surface area contributed by atoms with E-state index in [2.05, 4.69) is 28.6 Å². The van der Waals surface area contributed by atoms with Crippen molar-refractivity contribution >= 4 is 17.6 Å². The Balaban J connectivity index is 1.99. The van der Waals surface area contributed by atoms with Crippen LogP contribution in [0, 0.1) is 0 Å². The van der Waals surface area contributed by atoms with Gasteiger partial charge >= 0.3 is 0 Å². The number of hydrogen-bond donors (Lipinski definition) is 2. The van der Waals surface area contributed by atoms with E-state index in [0.717, 1.165) is 57.0 Å². The Morgan fingerprint density at radius 2 is 2.09 bits per heavy atom. The first kappa shape index (κ1) is 17.3. The predicted molar refractivity (Wildman–Crippen MR) is 96.0 cm³/mol. The molecule has 5 heteroatoms. The Morgan fingerprint density at radius 3 is 2.87 bits per heavy atom. The topological polar surface area (TPSA) is 56.7 Å². The quantitative estimate of drug-likeness (QED) is 0.481. The van der Waals surface area contributed by atoms with E-state index in [1.54, 1.807) is 0 Å². The molecule has 0 aliphatic carbocycles. The second kappa shape index (κ2) is 9.18. The fourth-order valence-corrected chi connectivity index (χ4v) is 2.75. The van der Waals surface area contributed by atoms with Crippen molar-refractivity contribution in [1.82, 2.24) is 10.6 Å². The number of nitrogens with one attached hydrogen (secondary N) is 2. The highest BCUT2D eigenvalue weighted by Gasteiger charge is 2.21. The van der Waals surface area contributed by atoms with Crippen LogP contribution in [0.4, 0.5) is 5.69 Å². The van der Waals surface area contributed by atoms with Gasteiger partial charge in [0.05, 0.1) is 0 Å². The van der Waals surface area contributed by atoms with E-state index in [1.807, 2.05) is 30.0 Å². The molecule has 1 aromatic carbocycles. The molecule has 0 saturated heterocycles. The molecule has 0 aromatic heterocycles. The maximum atomic E-state index is 12.6. The number of fused-ring (bicyclic) bond motifs is 1. The lowest BCUT2D eigenvalue weighted by atomic mass is 10.0. The third-order valence-electron chi connectivity index (χ3n) is 3.95. The normalized spacial score (nSPS) is 14.3. The summed E-state index contributed by atoms with van der Waals surface area (Å²) in [7, 11) is 0. The van der Waals surface area contributed by atoms with Crippen LogP contribution in [0.3, 0.4) is 0 Å². The second-order valence-electron chi connectivity index (χ2n) is 5.75. The Hall–Kier alpha value is -2.04. The van der Waals surface area contributed by atoms with Gasteiger partial charge in [-0.15, -0.1) is 0 Å². The molecule has 23 heavy (non-hydrogen) atoms. The number of rotatable bonds is 6. The number of hydrogen-bond acceptors (Lipinski definition) is 2. The number of unbranched alkanes of at least 4 members (excludes halogenated alkanes) is 1. The van der Waals surface area contributed by atoms with Gasteiger partial charge in [0.25, 0.3) is 0 Å². The number of carbonyl (C=O) groups is 1. The van der Waals surface area contributed by atoms with Crippen molar-refractivity contribution < 1.29 is 4.79 Å². The van der Waals surface area contributed by atoms with Crippen LogP contribution in [0.1, 0.15) is 38.7 Å². The highest BCUT2D eigenvalue weighted by Crippen LogP contribution is 2.26. The number of anilines is 1. The number of guanidine groups is 1. The zero-order chi connectivity index (χ0) is 16.5. The van der Waals surface area contributed by atoms with E-state index in [1.165, 1.54) is 5.56 Å². The summed E-state index contributed by atoms with van der Waals surface area (Å²) in [5.41, 5.74) is 2.30. The van der Waals surface area contributed by atoms with E-state index < -0.39 is 0 Å². The minimum absolute atomic E-state index is 0.0600. The Labute approximate surface area is 139 Å². The lowest BCUT2D eigenvalue weighted by Crippen LogP contribution is -2.40. The molecule has 126 valence electrons. The van der Waals surface area contributed by atoms with Gasteiger partial charge in [-0.2, -0.15) is 0 Å². The molecule has 2 rings (SSSR count). The predicted octanol–water partition coefficient (Wildman–Crippen LogP) is 2.32. The third kappa shape index (κ3) is 4.98.